The molecule has 0 aliphatic rings. The summed E-state index contributed by atoms with van der Waals surface area (Å²) in [7, 11) is 0. The van der Waals surface area contributed by atoms with Crippen LogP contribution in [0, 0.1) is 0 Å². The molecule has 0 atom stereocenters. The van der Waals surface area contributed by atoms with Crippen molar-refractivity contribution in [2.75, 3.05) is 5.32 Å². The lowest BCUT2D eigenvalue weighted by Gasteiger charge is -2.07. The highest BCUT2D eigenvalue weighted by Gasteiger charge is 2.08. The largest absolute Gasteiger partial charge is 0.361 e. The molecule has 0 unspecified atom stereocenters. The number of amides is 1. The lowest BCUT2D eigenvalue weighted by atomic mass is 10.1. The molecule has 0 aliphatic heterocycles. The van der Waals surface area contributed by atoms with E-state index < -0.39 is 0 Å². The second kappa shape index (κ2) is 6.67. The number of halogens is 2. The first-order valence-electron chi connectivity index (χ1n) is 6.93. The number of anilines is 1. The zero-order valence-corrected chi connectivity index (χ0v) is 14.9. The van der Waals surface area contributed by atoms with Crippen molar-refractivity contribution in [1.82, 2.24) is 4.98 Å². The molecule has 3 nitrogen and oxygen atoms in total. The second-order valence-electron chi connectivity index (χ2n) is 5.03. The van der Waals surface area contributed by atoms with E-state index in [2.05, 4.69) is 48.2 Å². The minimum Gasteiger partial charge on any atom is -0.361 e. The number of rotatable bonds is 4. The van der Waals surface area contributed by atoms with Crippen molar-refractivity contribution in [2.45, 2.75) is 12.8 Å². The summed E-state index contributed by atoms with van der Waals surface area (Å²) in [6.45, 7) is 0. The first kappa shape index (κ1) is 15.3. The standard InChI is InChI=1S/C17H14Br2N2O/c18-12-6-7-16(14(19)9-12)21-17(22)8-5-11-10-20-15-4-2-1-3-13(11)15/h1-4,6-7,9-10,20H,5,8H2,(H,21,22). The van der Waals surface area contributed by atoms with Crippen LogP contribution in [0.4, 0.5) is 5.69 Å². The van der Waals surface area contributed by atoms with Gasteiger partial charge in [-0.3, -0.25) is 4.79 Å². The van der Waals surface area contributed by atoms with Crippen molar-refractivity contribution in [3.05, 3.63) is 63.2 Å². The number of fused-ring (bicyclic) bond motifs is 1. The molecule has 1 amide bonds. The molecule has 3 aromatic rings. The van der Waals surface area contributed by atoms with E-state index in [0.717, 1.165) is 20.1 Å². The number of aryl methyl sites for hydroxylation is 1. The third-order valence-electron chi connectivity index (χ3n) is 3.50. The smallest absolute Gasteiger partial charge is 0.224 e. The Hall–Kier alpha value is -1.59. The van der Waals surface area contributed by atoms with E-state index in [1.54, 1.807) is 0 Å². The summed E-state index contributed by atoms with van der Waals surface area (Å²) < 4.78 is 1.83. The highest BCUT2D eigenvalue weighted by atomic mass is 79.9. The Morgan fingerprint density at radius 2 is 1.95 bits per heavy atom. The fourth-order valence-electron chi connectivity index (χ4n) is 2.39. The van der Waals surface area contributed by atoms with E-state index in [1.165, 1.54) is 10.9 Å². The van der Waals surface area contributed by atoms with Crippen molar-refractivity contribution in [3.63, 3.8) is 0 Å². The maximum absolute atomic E-state index is 12.1. The van der Waals surface area contributed by atoms with Crippen LogP contribution in [0.1, 0.15) is 12.0 Å². The third-order valence-corrected chi connectivity index (χ3v) is 4.65. The topological polar surface area (TPSA) is 44.9 Å². The molecule has 0 saturated heterocycles. The summed E-state index contributed by atoms with van der Waals surface area (Å²) in [5, 5.41) is 4.11. The number of carbonyl (C=O) groups is 1. The number of carbonyl (C=O) groups excluding carboxylic acids is 1. The van der Waals surface area contributed by atoms with Gasteiger partial charge in [-0.2, -0.15) is 0 Å². The molecule has 0 bridgehead atoms. The zero-order valence-electron chi connectivity index (χ0n) is 11.7. The number of benzene rings is 2. The van der Waals surface area contributed by atoms with Crippen LogP contribution in [-0.4, -0.2) is 10.9 Å². The first-order chi connectivity index (χ1) is 10.6. The fraction of sp³-hybridized carbons (Fsp3) is 0.118. The summed E-state index contributed by atoms with van der Waals surface area (Å²) in [5.41, 5.74) is 3.06. The SMILES string of the molecule is O=C(CCc1c[nH]c2ccccc12)Nc1ccc(Br)cc1Br. The number of hydrogen-bond donors (Lipinski definition) is 2. The van der Waals surface area contributed by atoms with Gasteiger partial charge in [0.1, 0.15) is 0 Å². The Labute approximate surface area is 145 Å². The molecule has 0 radical (unpaired) electrons. The predicted molar refractivity (Wildman–Crippen MR) is 97.1 cm³/mol. The van der Waals surface area contributed by atoms with E-state index >= 15 is 0 Å². The number of H-pyrrole nitrogens is 1. The van der Waals surface area contributed by atoms with Crippen molar-refractivity contribution < 1.29 is 4.79 Å². The molecule has 2 aromatic carbocycles. The van der Waals surface area contributed by atoms with Crippen LogP contribution in [-0.2, 0) is 11.2 Å². The van der Waals surface area contributed by atoms with E-state index in [4.69, 9.17) is 0 Å². The monoisotopic (exact) mass is 420 g/mol. The number of para-hydroxylation sites is 1. The maximum atomic E-state index is 12.1. The van der Waals surface area contributed by atoms with Crippen molar-refractivity contribution >= 4 is 54.4 Å². The van der Waals surface area contributed by atoms with Crippen LogP contribution in [0.25, 0.3) is 10.9 Å². The van der Waals surface area contributed by atoms with Crippen LogP contribution < -0.4 is 5.32 Å². The van der Waals surface area contributed by atoms with Gasteiger partial charge in [-0.15, -0.1) is 0 Å². The van der Waals surface area contributed by atoms with Gasteiger partial charge in [0, 0.05) is 32.5 Å². The minimum absolute atomic E-state index is 0.00769. The molecule has 0 fully saturated rings. The molecule has 22 heavy (non-hydrogen) atoms. The molecular weight excluding hydrogens is 408 g/mol. The zero-order chi connectivity index (χ0) is 15.5. The predicted octanol–water partition coefficient (Wildman–Crippen LogP) is 5.26. The van der Waals surface area contributed by atoms with Gasteiger partial charge in [-0.25, -0.2) is 0 Å². The minimum atomic E-state index is 0.00769. The van der Waals surface area contributed by atoms with Gasteiger partial charge >= 0.3 is 0 Å². The summed E-state index contributed by atoms with van der Waals surface area (Å²) >= 11 is 6.84. The van der Waals surface area contributed by atoms with Crippen molar-refractivity contribution in [1.29, 1.82) is 0 Å². The van der Waals surface area contributed by atoms with Gasteiger partial charge in [0.15, 0.2) is 0 Å². The lowest BCUT2D eigenvalue weighted by Crippen LogP contribution is -2.12. The summed E-state index contributed by atoms with van der Waals surface area (Å²) in [6.07, 6.45) is 3.14. The molecule has 2 N–H and O–H groups in total. The summed E-state index contributed by atoms with van der Waals surface area (Å²) in [5.74, 6) is 0.00769. The normalized spacial score (nSPS) is 10.8. The number of aromatic nitrogens is 1. The Bertz CT molecular complexity index is 826. The van der Waals surface area contributed by atoms with Crippen molar-refractivity contribution in [2.24, 2.45) is 0 Å². The van der Waals surface area contributed by atoms with E-state index in [-0.39, 0.29) is 5.91 Å². The van der Waals surface area contributed by atoms with Crippen LogP contribution in [0.5, 0.6) is 0 Å². The quantitative estimate of drug-likeness (QED) is 0.592. The van der Waals surface area contributed by atoms with Gasteiger partial charge in [0.25, 0.3) is 0 Å². The van der Waals surface area contributed by atoms with Crippen molar-refractivity contribution in [3.8, 4) is 0 Å². The molecule has 0 aliphatic carbocycles. The van der Waals surface area contributed by atoms with E-state index in [9.17, 15) is 4.79 Å². The molecule has 3 rings (SSSR count). The van der Waals surface area contributed by atoms with E-state index in [0.29, 0.717) is 12.8 Å². The average Bonchev–Trinajstić information content (AvgIpc) is 2.91. The van der Waals surface area contributed by atoms with Gasteiger partial charge in [-0.1, -0.05) is 34.1 Å². The second-order valence-corrected chi connectivity index (χ2v) is 6.80. The third kappa shape index (κ3) is 3.42. The molecule has 112 valence electrons. The Morgan fingerprint density at radius 3 is 2.77 bits per heavy atom. The summed E-state index contributed by atoms with van der Waals surface area (Å²) in [4.78, 5) is 15.4. The average molecular weight is 422 g/mol. The molecule has 0 spiro atoms. The fourth-order valence-corrected chi connectivity index (χ4v) is 3.54. The van der Waals surface area contributed by atoms with Crippen LogP contribution in [0.15, 0.2) is 57.6 Å². The molecule has 5 heteroatoms. The molecule has 1 aromatic heterocycles. The molecular formula is C17H14Br2N2O. The van der Waals surface area contributed by atoms with Gasteiger partial charge in [0.05, 0.1) is 5.69 Å². The maximum Gasteiger partial charge on any atom is 0.224 e. The van der Waals surface area contributed by atoms with Gasteiger partial charge < -0.3 is 10.3 Å². The Balaban J connectivity index is 1.65. The molecule has 0 saturated carbocycles. The Morgan fingerprint density at radius 1 is 1.14 bits per heavy atom. The number of hydrogen-bond acceptors (Lipinski definition) is 1. The highest BCUT2D eigenvalue weighted by molar-refractivity contribution is 9.11. The summed E-state index contributed by atoms with van der Waals surface area (Å²) in [6, 6.07) is 13.8. The van der Waals surface area contributed by atoms with Crippen LogP contribution in [0.3, 0.4) is 0 Å². The first-order valence-corrected chi connectivity index (χ1v) is 8.52. The van der Waals surface area contributed by atoms with Gasteiger partial charge in [0.2, 0.25) is 5.91 Å². The van der Waals surface area contributed by atoms with Gasteiger partial charge in [-0.05, 0) is 52.2 Å². The molecule has 1 heterocycles. The highest BCUT2D eigenvalue weighted by Crippen LogP contribution is 2.26. The van der Waals surface area contributed by atoms with E-state index in [1.807, 2.05) is 42.6 Å². The van der Waals surface area contributed by atoms with Crippen LogP contribution >= 0.6 is 31.9 Å². The lowest BCUT2D eigenvalue weighted by molar-refractivity contribution is -0.116. The Kier molecular flexibility index (Phi) is 4.64. The van der Waals surface area contributed by atoms with Crippen LogP contribution in [0.2, 0.25) is 0 Å². The number of nitrogens with one attached hydrogen (secondary N) is 2. The number of aromatic amines is 1.